The van der Waals surface area contributed by atoms with Crippen molar-refractivity contribution in [2.24, 2.45) is 0 Å². The first-order chi connectivity index (χ1) is 22.9. The molecule has 0 amide bonds. The van der Waals surface area contributed by atoms with Gasteiger partial charge in [0.2, 0.25) is 0 Å². The monoisotopic (exact) mass is 628 g/mol. The fraction of sp³-hybridized carbons (Fsp3) is 0.136. The molecule has 6 aromatic carbocycles. The maximum absolute atomic E-state index is 2.51. The van der Waals surface area contributed by atoms with Gasteiger partial charge in [0.1, 0.15) is 0 Å². The number of hydrogen-bond acceptors (Lipinski definition) is 0. The molecule has 0 heterocycles. The van der Waals surface area contributed by atoms with Gasteiger partial charge in [0.15, 0.2) is 0 Å². The van der Waals surface area contributed by atoms with Gasteiger partial charge in [0, 0.05) is 5.92 Å². The van der Waals surface area contributed by atoms with Crippen molar-refractivity contribution >= 4 is 48.4 Å². The van der Waals surface area contributed by atoms with E-state index in [1.165, 1.54) is 44.1 Å². The fourth-order valence-corrected chi connectivity index (χ4v) is 13.3. The van der Waals surface area contributed by atoms with Gasteiger partial charge in [-0.3, -0.25) is 0 Å². The molecular weight excluding hydrogens is 590 g/mol. The molecule has 0 saturated heterocycles. The Morgan fingerprint density at radius 2 is 1.04 bits per heavy atom. The van der Waals surface area contributed by atoms with Crippen LogP contribution >= 0.6 is 15.8 Å². The third-order valence-electron chi connectivity index (χ3n) is 9.69. The molecule has 2 atom stereocenters. The zero-order chi connectivity index (χ0) is 30.7. The minimum atomic E-state index is -0.760. The Morgan fingerprint density at radius 1 is 0.500 bits per heavy atom. The maximum Gasteiger partial charge on any atom is 0.0175 e. The summed E-state index contributed by atoms with van der Waals surface area (Å²) < 4.78 is 0. The molecule has 0 aliphatic heterocycles. The molecule has 0 bridgehead atoms. The van der Waals surface area contributed by atoms with E-state index in [4.69, 9.17) is 0 Å². The highest BCUT2D eigenvalue weighted by Gasteiger charge is 2.40. The van der Waals surface area contributed by atoms with Gasteiger partial charge in [-0.15, -0.1) is 0 Å². The molecule has 0 unspecified atom stereocenters. The predicted molar refractivity (Wildman–Crippen MR) is 202 cm³/mol. The lowest BCUT2D eigenvalue weighted by atomic mass is 9.75. The van der Waals surface area contributed by atoms with Crippen molar-refractivity contribution in [2.75, 3.05) is 0 Å². The van der Waals surface area contributed by atoms with Crippen LogP contribution in [0.1, 0.15) is 46.6 Å². The number of aryl methyl sites for hydroxylation is 1. The molecule has 2 aliphatic carbocycles. The normalized spacial score (nSPS) is 17.1. The number of fused-ring (bicyclic) bond motifs is 2. The summed E-state index contributed by atoms with van der Waals surface area (Å²) in [5, 5.41) is 7.34. The average molecular weight is 629 g/mol. The minimum Gasteiger partial charge on any atom is -0.0836 e. The van der Waals surface area contributed by atoms with Crippen molar-refractivity contribution in [1.82, 2.24) is 0 Å². The van der Waals surface area contributed by atoms with Crippen LogP contribution in [0.15, 0.2) is 164 Å². The molecule has 2 heteroatoms. The van der Waals surface area contributed by atoms with Crippen LogP contribution in [0.25, 0.3) is 6.08 Å². The minimum absolute atomic E-state index is 0.311. The van der Waals surface area contributed by atoms with E-state index in [1.54, 1.807) is 16.7 Å². The summed E-state index contributed by atoms with van der Waals surface area (Å²) in [5.41, 5.74) is 8.14. The highest BCUT2D eigenvalue weighted by Crippen LogP contribution is 2.55. The average Bonchev–Trinajstić information content (AvgIpc) is 3.14. The van der Waals surface area contributed by atoms with Crippen LogP contribution in [-0.2, 0) is 12.8 Å². The maximum atomic E-state index is 2.51. The van der Waals surface area contributed by atoms with Crippen LogP contribution in [-0.4, -0.2) is 5.66 Å². The summed E-state index contributed by atoms with van der Waals surface area (Å²) >= 11 is 0. The molecule has 46 heavy (non-hydrogen) atoms. The van der Waals surface area contributed by atoms with E-state index >= 15 is 0 Å². The van der Waals surface area contributed by atoms with E-state index in [-0.39, 0.29) is 0 Å². The summed E-state index contributed by atoms with van der Waals surface area (Å²) in [6.45, 7) is 0. The number of hydrogen-bond donors (Lipinski definition) is 0. The molecule has 0 radical (unpaired) electrons. The van der Waals surface area contributed by atoms with Crippen LogP contribution in [0.3, 0.4) is 0 Å². The lowest BCUT2D eigenvalue weighted by Crippen LogP contribution is -2.36. The predicted octanol–water partition coefficient (Wildman–Crippen LogP) is 8.98. The molecule has 0 nitrogen and oxygen atoms in total. The number of rotatable bonds is 7. The van der Waals surface area contributed by atoms with Gasteiger partial charge in [-0.2, -0.15) is 0 Å². The molecule has 8 rings (SSSR count). The standard InChI is InChI=1S/C44H38P2/c1-5-19-35(20-6-1)45(36-21-7-2-8-22-36)41-31-29-33-17-13-15-27-39(33)43(41)44-40-28-16-14-18-34(40)30-32-42(44)46(37-23-9-3-10-24-37)38-25-11-4-12-26-38/h1-15,17-27,30,32,41,43H,16,28-29,31H2/t41-,43+/m0/s1. The van der Waals surface area contributed by atoms with E-state index in [9.17, 15) is 0 Å². The van der Waals surface area contributed by atoms with E-state index in [1.807, 2.05) is 0 Å². The van der Waals surface area contributed by atoms with Gasteiger partial charge in [0.25, 0.3) is 0 Å². The molecule has 0 N–H and O–H groups in total. The Morgan fingerprint density at radius 3 is 1.65 bits per heavy atom. The van der Waals surface area contributed by atoms with Crippen molar-refractivity contribution < 1.29 is 0 Å². The van der Waals surface area contributed by atoms with E-state index in [2.05, 4.69) is 170 Å². The second kappa shape index (κ2) is 13.3. The lowest BCUT2D eigenvalue weighted by molar-refractivity contribution is 0.625. The van der Waals surface area contributed by atoms with E-state index < -0.39 is 15.8 Å². The first-order valence-corrected chi connectivity index (χ1v) is 19.3. The smallest absolute Gasteiger partial charge is 0.0175 e. The molecular formula is C44H38P2. The van der Waals surface area contributed by atoms with Crippen molar-refractivity contribution in [1.29, 1.82) is 0 Å². The molecule has 0 aromatic heterocycles. The largest absolute Gasteiger partial charge is 0.0836 e. The third-order valence-corrected chi connectivity index (χ3v) is 15.1. The summed E-state index contributed by atoms with van der Waals surface area (Å²) in [7, 11) is -1.38. The SMILES string of the molecule is C1=Cc2ccc(P(c3ccccc3)c3ccccc3)c([C@@H]3c4ccccc4CC[C@@H]3P(c3ccccc3)c3ccccc3)c2CC1. The summed E-state index contributed by atoms with van der Waals surface area (Å²) in [4.78, 5) is 0. The zero-order valence-corrected chi connectivity index (χ0v) is 27.8. The third kappa shape index (κ3) is 5.60. The summed E-state index contributed by atoms with van der Waals surface area (Å²) in [5.74, 6) is 0.311. The van der Waals surface area contributed by atoms with Gasteiger partial charge < -0.3 is 0 Å². The Hall–Kier alpha value is -4.08. The van der Waals surface area contributed by atoms with Crippen molar-refractivity contribution in [2.45, 2.75) is 37.3 Å². The zero-order valence-electron chi connectivity index (χ0n) is 26.0. The number of benzene rings is 6. The van der Waals surface area contributed by atoms with Crippen LogP contribution in [0.2, 0.25) is 0 Å². The highest BCUT2D eigenvalue weighted by atomic mass is 31.1. The first-order valence-electron chi connectivity index (χ1n) is 16.6. The van der Waals surface area contributed by atoms with Crippen molar-refractivity contribution in [3.63, 3.8) is 0 Å². The Kier molecular flexibility index (Phi) is 8.51. The number of allylic oxidation sites excluding steroid dienone is 1. The second-order valence-corrected chi connectivity index (χ2v) is 17.0. The first kappa shape index (κ1) is 29.3. The molecule has 0 saturated carbocycles. The topological polar surface area (TPSA) is 0 Å². The van der Waals surface area contributed by atoms with Gasteiger partial charge in [-0.1, -0.05) is 170 Å². The molecule has 6 aromatic rings. The van der Waals surface area contributed by atoms with Crippen LogP contribution < -0.4 is 26.5 Å². The molecule has 224 valence electrons. The van der Waals surface area contributed by atoms with Crippen LogP contribution in [0, 0.1) is 0 Å². The second-order valence-electron chi connectivity index (χ2n) is 12.3. The lowest BCUT2D eigenvalue weighted by Gasteiger charge is -2.42. The van der Waals surface area contributed by atoms with Gasteiger partial charge in [-0.05, 0) is 102 Å². The van der Waals surface area contributed by atoms with Crippen LogP contribution in [0.5, 0.6) is 0 Å². The fourth-order valence-electron chi connectivity index (χ4n) is 7.74. The van der Waals surface area contributed by atoms with Gasteiger partial charge >= 0.3 is 0 Å². The summed E-state index contributed by atoms with van der Waals surface area (Å²) in [6.07, 6.45) is 9.28. The van der Waals surface area contributed by atoms with E-state index in [0.29, 0.717) is 11.6 Å². The van der Waals surface area contributed by atoms with Crippen molar-refractivity contribution in [3.8, 4) is 0 Å². The highest BCUT2D eigenvalue weighted by molar-refractivity contribution is 7.80. The molecule has 0 fully saturated rings. The Bertz CT molecular complexity index is 1870. The van der Waals surface area contributed by atoms with Gasteiger partial charge in [-0.25, -0.2) is 0 Å². The van der Waals surface area contributed by atoms with E-state index in [0.717, 1.165) is 19.3 Å². The Balaban J connectivity index is 1.43. The van der Waals surface area contributed by atoms with Crippen LogP contribution in [0.4, 0.5) is 0 Å². The summed E-state index contributed by atoms with van der Waals surface area (Å²) in [6, 6.07) is 59.8. The molecule has 0 spiro atoms. The quantitative estimate of drug-likeness (QED) is 0.155. The Labute approximate surface area is 276 Å². The van der Waals surface area contributed by atoms with Crippen molar-refractivity contribution in [3.05, 3.63) is 192 Å². The van der Waals surface area contributed by atoms with Gasteiger partial charge in [0.05, 0.1) is 0 Å². The molecule has 2 aliphatic rings.